The van der Waals surface area contributed by atoms with Crippen LogP contribution in [0.1, 0.15) is 15.2 Å². The zero-order valence-electron chi connectivity index (χ0n) is 8.53. The normalized spacial score (nSPS) is 10.4. The van der Waals surface area contributed by atoms with Crippen LogP contribution in [0.15, 0.2) is 30.3 Å². The number of carbonyl (C=O) groups is 1. The van der Waals surface area contributed by atoms with E-state index in [1.165, 1.54) is 23.5 Å². The Labute approximate surface area is 96.0 Å². The van der Waals surface area contributed by atoms with Crippen LogP contribution in [0.2, 0.25) is 0 Å². The molecule has 16 heavy (non-hydrogen) atoms. The fourth-order valence-corrected chi connectivity index (χ4v) is 2.47. The van der Waals surface area contributed by atoms with E-state index in [2.05, 4.69) is 0 Å². The first-order valence-corrected chi connectivity index (χ1v) is 5.49. The van der Waals surface area contributed by atoms with Gasteiger partial charge in [-0.25, -0.2) is 9.18 Å². The Morgan fingerprint density at radius 2 is 1.94 bits per heavy atom. The molecule has 2 aromatic rings. The molecule has 82 valence electrons. The molecule has 1 N–H and O–H groups in total. The summed E-state index contributed by atoms with van der Waals surface area (Å²) in [5.74, 6) is -1.22. The minimum atomic E-state index is -0.920. The molecule has 0 aliphatic carbocycles. The van der Waals surface area contributed by atoms with Gasteiger partial charge >= 0.3 is 5.97 Å². The second-order valence-corrected chi connectivity index (χ2v) is 4.49. The van der Waals surface area contributed by atoms with Gasteiger partial charge in [-0.3, -0.25) is 0 Å². The van der Waals surface area contributed by atoms with Gasteiger partial charge < -0.3 is 5.11 Å². The van der Waals surface area contributed by atoms with Gasteiger partial charge in [0.05, 0.1) is 0 Å². The molecular formula is C12H9FO2S. The van der Waals surface area contributed by atoms with Gasteiger partial charge in [0.2, 0.25) is 0 Å². The van der Waals surface area contributed by atoms with Gasteiger partial charge in [-0.05, 0) is 36.2 Å². The highest BCUT2D eigenvalue weighted by Gasteiger charge is 2.12. The Balaban J connectivity index is 2.45. The van der Waals surface area contributed by atoms with Crippen molar-refractivity contribution >= 4 is 17.3 Å². The summed E-state index contributed by atoms with van der Waals surface area (Å²) in [5.41, 5.74) is 1.57. The molecular weight excluding hydrogens is 227 g/mol. The quantitative estimate of drug-likeness (QED) is 0.865. The number of carboxylic acid groups (broad SMARTS) is 1. The highest BCUT2D eigenvalue weighted by molar-refractivity contribution is 7.17. The number of benzene rings is 1. The summed E-state index contributed by atoms with van der Waals surface area (Å²) >= 11 is 1.20. The lowest BCUT2D eigenvalue weighted by atomic mass is 10.1. The molecule has 0 bridgehead atoms. The molecule has 0 atom stereocenters. The standard InChI is InChI=1S/C12H9FO2S/c1-7-6-10(16-11(7)12(14)15)8-2-4-9(13)5-3-8/h2-6H,1H3,(H,14,15). The number of halogens is 1. The lowest BCUT2D eigenvalue weighted by molar-refractivity contribution is 0.0701. The van der Waals surface area contributed by atoms with E-state index in [-0.39, 0.29) is 5.82 Å². The molecule has 0 saturated carbocycles. The summed E-state index contributed by atoms with van der Waals surface area (Å²) in [4.78, 5) is 12.0. The largest absolute Gasteiger partial charge is 0.477 e. The number of rotatable bonds is 2. The van der Waals surface area contributed by atoms with Crippen molar-refractivity contribution in [2.24, 2.45) is 0 Å². The molecule has 0 amide bonds. The monoisotopic (exact) mass is 236 g/mol. The van der Waals surface area contributed by atoms with Crippen molar-refractivity contribution in [1.29, 1.82) is 0 Å². The smallest absolute Gasteiger partial charge is 0.346 e. The van der Waals surface area contributed by atoms with Gasteiger partial charge in [-0.1, -0.05) is 12.1 Å². The fraction of sp³-hybridized carbons (Fsp3) is 0.0833. The van der Waals surface area contributed by atoms with E-state index in [1.807, 2.05) is 0 Å². The van der Waals surface area contributed by atoms with Crippen LogP contribution in [0.25, 0.3) is 10.4 Å². The van der Waals surface area contributed by atoms with Crippen LogP contribution in [0.5, 0.6) is 0 Å². The molecule has 0 saturated heterocycles. The second kappa shape index (κ2) is 4.06. The minimum absolute atomic E-state index is 0.296. The molecule has 0 aliphatic heterocycles. The summed E-state index contributed by atoms with van der Waals surface area (Å²) in [6.45, 7) is 1.76. The van der Waals surface area contributed by atoms with Crippen LogP contribution >= 0.6 is 11.3 Å². The number of carboxylic acids is 1. The summed E-state index contributed by atoms with van der Waals surface area (Å²) in [6, 6.07) is 7.83. The maximum atomic E-state index is 12.7. The number of hydrogen-bond acceptors (Lipinski definition) is 2. The van der Waals surface area contributed by atoms with Crippen molar-refractivity contribution in [2.75, 3.05) is 0 Å². The topological polar surface area (TPSA) is 37.3 Å². The van der Waals surface area contributed by atoms with Crippen molar-refractivity contribution in [2.45, 2.75) is 6.92 Å². The average molecular weight is 236 g/mol. The molecule has 2 rings (SSSR count). The van der Waals surface area contributed by atoms with Gasteiger partial charge in [0, 0.05) is 4.88 Å². The lowest BCUT2D eigenvalue weighted by Crippen LogP contribution is -1.93. The molecule has 0 unspecified atom stereocenters. The zero-order chi connectivity index (χ0) is 11.7. The first-order chi connectivity index (χ1) is 7.58. The van der Waals surface area contributed by atoms with E-state index in [0.717, 1.165) is 16.0 Å². The average Bonchev–Trinajstić information content (AvgIpc) is 2.61. The van der Waals surface area contributed by atoms with Crippen LogP contribution in [-0.4, -0.2) is 11.1 Å². The number of aromatic carboxylic acids is 1. The summed E-state index contributed by atoms with van der Waals surface area (Å²) in [7, 11) is 0. The van der Waals surface area contributed by atoms with Crippen LogP contribution < -0.4 is 0 Å². The maximum absolute atomic E-state index is 12.7. The number of hydrogen-bond donors (Lipinski definition) is 1. The van der Waals surface area contributed by atoms with E-state index >= 15 is 0 Å². The molecule has 0 spiro atoms. The van der Waals surface area contributed by atoms with Gasteiger partial charge in [-0.15, -0.1) is 11.3 Å². The molecule has 1 aromatic carbocycles. The molecule has 1 aromatic heterocycles. The Morgan fingerprint density at radius 3 is 2.44 bits per heavy atom. The lowest BCUT2D eigenvalue weighted by Gasteiger charge is -1.95. The second-order valence-electron chi connectivity index (χ2n) is 3.43. The van der Waals surface area contributed by atoms with Crippen LogP contribution in [0.4, 0.5) is 4.39 Å². The van der Waals surface area contributed by atoms with Crippen molar-refractivity contribution in [1.82, 2.24) is 0 Å². The molecule has 4 heteroatoms. The highest BCUT2D eigenvalue weighted by atomic mass is 32.1. The predicted octanol–water partition coefficient (Wildman–Crippen LogP) is 3.56. The van der Waals surface area contributed by atoms with Gasteiger partial charge in [0.15, 0.2) is 0 Å². The first-order valence-electron chi connectivity index (χ1n) is 4.67. The molecule has 0 fully saturated rings. The summed E-state index contributed by atoms with van der Waals surface area (Å²) in [6.07, 6.45) is 0. The van der Waals surface area contributed by atoms with Crippen LogP contribution in [0, 0.1) is 12.7 Å². The van der Waals surface area contributed by atoms with Crippen molar-refractivity contribution in [3.8, 4) is 10.4 Å². The van der Waals surface area contributed by atoms with E-state index < -0.39 is 5.97 Å². The Morgan fingerprint density at radius 1 is 1.31 bits per heavy atom. The maximum Gasteiger partial charge on any atom is 0.346 e. The number of thiophene rings is 1. The van der Waals surface area contributed by atoms with Gasteiger partial charge in [-0.2, -0.15) is 0 Å². The summed E-state index contributed by atoms with van der Waals surface area (Å²) < 4.78 is 12.7. The predicted molar refractivity (Wildman–Crippen MR) is 61.4 cm³/mol. The van der Waals surface area contributed by atoms with E-state index in [4.69, 9.17) is 5.11 Å². The molecule has 0 aliphatic rings. The molecule has 0 radical (unpaired) electrons. The zero-order valence-corrected chi connectivity index (χ0v) is 9.34. The summed E-state index contributed by atoms with van der Waals surface area (Å²) in [5, 5.41) is 8.92. The van der Waals surface area contributed by atoms with E-state index in [1.54, 1.807) is 25.1 Å². The Kier molecular flexibility index (Phi) is 2.75. The van der Waals surface area contributed by atoms with E-state index in [0.29, 0.717) is 4.88 Å². The Bertz CT molecular complexity index is 528. The van der Waals surface area contributed by atoms with Crippen molar-refractivity contribution in [3.05, 3.63) is 46.6 Å². The van der Waals surface area contributed by atoms with Gasteiger partial charge in [0.1, 0.15) is 10.7 Å². The van der Waals surface area contributed by atoms with Gasteiger partial charge in [0.25, 0.3) is 0 Å². The van der Waals surface area contributed by atoms with Crippen LogP contribution in [-0.2, 0) is 0 Å². The highest BCUT2D eigenvalue weighted by Crippen LogP contribution is 2.31. The Hall–Kier alpha value is -1.68. The van der Waals surface area contributed by atoms with Crippen LogP contribution in [0.3, 0.4) is 0 Å². The fourth-order valence-electron chi connectivity index (χ4n) is 1.45. The minimum Gasteiger partial charge on any atom is -0.477 e. The number of aryl methyl sites for hydroxylation is 1. The third-order valence-corrected chi connectivity index (χ3v) is 3.51. The van der Waals surface area contributed by atoms with Crippen molar-refractivity contribution < 1.29 is 14.3 Å². The molecule has 1 heterocycles. The third-order valence-electron chi connectivity index (χ3n) is 2.24. The SMILES string of the molecule is Cc1cc(-c2ccc(F)cc2)sc1C(=O)O. The molecule has 2 nitrogen and oxygen atoms in total. The third kappa shape index (κ3) is 1.97. The van der Waals surface area contributed by atoms with E-state index in [9.17, 15) is 9.18 Å². The van der Waals surface area contributed by atoms with Crippen molar-refractivity contribution in [3.63, 3.8) is 0 Å². The first kappa shape index (κ1) is 10.8.